The van der Waals surface area contributed by atoms with Gasteiger partial charge in [-0.3, -0.25) is 0 Å². The van der Waals surface area contributed by atoms with Gasteiger partial charge in [0.2, 0.25) is 0 Å². The number of anilines is 2. The summed E-state index contributed by atoms with van der Waals surface area (Å²) in [5.74, 6) is 1.61. The Labute approximate surface area is 146 Å². The van der Waals surface area contributed by atoms with Crippen molar-refractivity contribution in [2.24, 2.45) is 0 Å². The molecule has 1 aliphatic heterocycles. The molecule has 1 aromatic carbocycles. The highest BCUT2D eigenvalue weighted by Crippen LogP contribution is 2.20. The number of ether oxygens (including phenoxy) is 1. The summed E-state index contributed by atoms with van der Waals surface area (Å²) >= 11 is 0. The van der Waals surface area contributed by atoms with Crippen molar-refractivity contribution in [2.45, 2.75) is 13.5 Å². The number of nitrogens with zero attached hydrogens (tertiary/aromatic N) is 6. The predicted molar refractivity (Wildman–Crippen MR) is 97.1 cm³/mol. The van der Waals surface area contributed by atoms with Crippen molar-refractivity contribution in [2.75, 3.05) is 43.2 Å². The zero-order valence-electron chi connectivity index (χ0n) is 14.6. The fraction of sp³-hybridized carbons (Fsp3) is 0.389. The molecule has 0 bridgehead atoms. The Bertz CT molecular complexity index is 854. The Morgan fingerprint density at radius 1 is 1.16 bits per heavy atom. The summed E-state index contributed by atoms with van der Waals surface area (Å²) in [7, 11) is 2.06. The molecule has 0 spiro atoms. The molecular weight excluding hydrogens is 316 g/mol. The van der Waals surface area contributed by atoms with E-state index in [1.54, 1.807) is 4.52 Å². The molecule has 25 heavy (non-hydrogen) atoms. The summed E-state index contributed by atoms with van der Waals surface area (Å²) in [4.78, 5) is 13.1. The monoisotopic (exact) mass is 338 g/mol. The number of fused-ring (bicyclic) bond motifs is 1. The molecule has 1 fully saturated rings. The average Bonchev–Trinajstić information content (AvgIpc) is 3.10. The van der Waals surface area contributed by atoms with Gasteiger partial charge < -0.3 is 14.5 Å². The van der Waals surface area contributed by atoms with Crippen LogP contribution in [0.25, 0.3) is 5.78 Å². The maximum Gasteiger partial charge on any atom is 0.254 e. The van der Waals surface area contributed by atoms with E-state index in [4.69, 9.17) is 4.74 Å². The highest BCUT2D eigenvalue weighted by atomic mass is 16.5. The van der Waals surface area contributed by atoms with E-state index in [0.717, 1.165) is 44.4 Å². The standard InChI is InChI=1S/C18H22N6O/c1-14-11-17(24-18(21-14)19-13-20-24)22(2)12-15-3-5-16(6-4-15)23-7-9-25-10-8-23/h3-6,11,13H,7-10,12H2,1-2H3. The largest absolute Gasteiger partial charge is 0.378 e. The summed E-state index contributed by atoms with van der Waals surface area (Å²) in [6, 6.07) is 10.8. The van der Waals surface area contributed by atoms with Gasteiger partial charge in [0, 0.05) is 44.1 Å². The number of benzene rings is 1. The topological polar surface area (TPSA) is 58.8 Å². The van der Waals surface area contributed by atoms with Crippen LogP contribution in [0.3, 0.4) is 0 Å². The van der Waals surface area contributed by atoms with E-state index in [-0.39, 0.29) is 0 Å². The van der Waals surface area contributed by atoms with E-state index in [2.05, 4.69) is 56.2 Å². The Morgan fingerprint density at radius 3 is 2.68 bits per heavy atom. The molecule has 3 aromatic rings. The Balaban J connectivity index is 1.52. The molecule has 0 amide bonds. The summed E-state index contributed by atoms with van der Waals surface area (Å²) in [6.07, 6.45) is 1.54. The van der Waals surface area contributed by atoms with Gasteiger partial charge in [-0.05, 0) is 24.6 Å². The minimum Gasteiger partial charge on any atom is -0.378 e. The van der Waals surface area contributed by atoms with Crippen molar-refractivity contribution in [3.63, 3.8) is 0 Å². The molecule has 130 valence electrons. The maximum atomic E-state index is 5.42. The van der Waals surface area contributed by atoms with Crippen molar-refractivity contribution < 1.29 is 4.74 Å². The maximum absolute atomic E-state index is 5.42. The second-order valence-electron chi connectivity index (χ2n) is 6.35. The fourth-order valence-corrected chi connectivity index (χ4v) is 3.17. The zero-order chi connectivity index (χ0) is 17.2. The molecule has 7 heteroatoms. The van der Waals surface area contributed by atoms with Crippen LogP contribution in [-0.2, 0) is 11.3 Å². The summed E-state index contributed by atoms with van der Waals surface area (Å²) < 4.78 is 7.19. The molecule has 1 saturated heterocycles. The lowest BCUT2D eigenvalue weighted by atomic mass is 10.1. The van der Waals surface area contributed by atoms with Gasteiger partial charge in [0.1, 0.15) is 12.1 Å². The molecule has 0 atom stereocenters. The molecule has 3 heterocycles. The smallest absolute Gasteiger partial charge is 0.254 e. The second kappa shape index (κ2) is 6.68. The lowest BCUT2D eigenvalue weighted by molar-refractivity contribution is 0.122. The summed E-state index contributed by atoms with van der Waals surface area (Å²) in [5.41, 5.74) is 3.44. The highest BCUT2D eigenvalue weighted by Gasteiger charge is 2.13. The first-order valence-corrected chi connectivity index (χ1v) is 8.51. The first-order chi connectivity index (χ1) is 12.2. The van der Waals surface area contributed by atoms with E-state index in [9.17, 15) is 0 Å². The second-order valence-corrected chi connectivity index (χ2v) is 6.35. The summed E-state index contributed by atoms with van der Waals surface area (Å²) in [5, 5.41) is 4.28. The minimum absolute atomic E-state index is 0.629. The van der Waals surface area contributed by atoms with Crippen LogP contribution in [0.5, 0.6) is 0 Å². The number of hydrogen-bond acceptors (Lipinski definition) is 6. The van der Waals surface area contributed by atoms with Gasteiger partial charge in [-0.25, -0.2) is 4.98 Å². The Hall–Kier alpha value is -2.67. The number of morpholine rings is 1. The number of aromatic nitrogens is 4. The van der Waals surface area contributed by atoms with E-state index in [1.807, 2.05) is 13.0 Å². The van der Waals surface area contributed by atoms with Crippen molar-refractivity contribution in [1.82, 2.24) is 19.6 Å². The van der Waals surface area contributed by atoms with E-state index in [0.29, 0.717) is 5.78 Å². The van der Waals surface area contributed by atoms with Crippen LogP contribution < -0.4 is 9.80 Å². The molecule has 0 radical (unpaired) electrons. The molecule has 1 aliphatic rings. The third-order valence-electron chi connectivity index (χ3n) is 4.48. The van der Waals surface area contributed by atoms with E-state index < -0.39 is 0 Å². The van der Waals surface area contributed by atoms with Gasteiger partial charge >= 0.3 is 0 Å². The van der Waals surface area contributed by atoms with Crippen LogP contribution in [0.15, 0.2) is 36.7 Å². The van der Waals surface area contributed by atoms with Crippen LogP contribution in [0, 0.1) is 6.92 Å². The molecular formula is C18H22N6O. The minimum atomic E-state index is 0.629. The fourth-order valence-electron chi connectivity index (χ4n) is 3.17. The van der Waals surface area contributed by atoms with Gasteiger partial charge in [-0.15, -0.1) is 0 Å². The van der Waals surface area contributed by atoms with Crippen LogP contribution in [0.1, 0.15) is 11.3 Å². The molecule has 0 aliphatic carbocycles. The SMILES string of the molecule is Cc1cc(N(C)Cc2ccc(N3CCOCC3)cc2)n2ncnc2n1. The van der Waals surface area contributed by atoms with Crippen LogP contribution in [0.4, 0.5) is 11.5 Å². The quantitative estimate of drug-likeness (QED) is 0.724. The predicted octanol–water partition coefficient (Wildman–Crippen LogP) is 1.91. The Kier molecular flexibility index (Phi) is 4.23. The Morgan fingerprint density at radius 2 is 1.92 bits per heavy atom. The molecule has 0 saturated carbocycles. The average molecular weight is 338 g/mol. The van der Waals surface area contributed by atoms with E-state index in [1.165, 1.54) is 17.6 Å². The first kappa shape index (κ1) is 15.8. The molecule has 4 rings (SSSR count). The van der Waals surface area contributed by atoms with Crippen molar-refractivity contribution in [3.8, 4) is 0 Å². The number of aryl methyl sites for hydroxylation is 1. The van der Waals surface area contributed by atoms with Crippen LogP contribution in [-0.4, -0.2) is 52.9 Å². The van der Waals surface area contributed by atoms with Crippen molar-refractivity contribution in [1.29, 1.82) is 0 Å². The molecule has 0 N–H and O–H groups in total. The third-order valence-corrected chi connectivity index (χ3v) is 4.48. The van der Waals surface area contributed by atoms with Crippen LogP contribution in [0.2, 0.25) is 0 Å². The van der Waals surface area contributed by atoms with Gasteiger partial charge in [-0.1, -0.05) is 12.1 Å². The lowest BCUT2D eigenvalue weighted by Gasteiger charge is -2.29. The number of rotatable bonds is 4. The zero-order valence-corrected chi connectivity index (χ0v) is 14.6. The third kappa shape index (κ3) is 3.28. The van der Waals surface area contributed by atoms with Crippen LogP contribution >= 0.6 is 0 Å². The number of hydrogen-bond donors (Lipinski definition) is 0. The van der Waals surface area contributed by atoms with Gasteiger partial charge in [-0.2, -0.15) is 14.6 Å². The first-order valence-electron chi connectivity index (χ1n) is 8.51. The molecule has 0 unspecified atom stereocenters. The van der Waals surface area contributed by atoms with Gasteiger partial charge in [0.05, 0.1) is 13.2 Å². The lowest BCUT2D eigenvalue weighted by Crippen LogP contribution is -2.36. The van der Waals surface area contributed by atoms with Gasteiger partial charge in [0.25, 0.3) is 5.78 Å². The molecule has 2 aromatic heterocycles. The van der Waals surface area contributed by atoms with Crippen molar-refractivity contribution in [3.05, 3.63) is 47.9 Å². The van der Waals surface area contributed by atoms with E-state index >= 15 is 0 Å². The highest BCUT2D eigenvalue weighted by molar-refractivity contribution is 5.50. The molecule has 7 nitrogen and oxygen atoms in total. The summed E-state index contributed by atoms with van der Waals surface area (Å²) in [6.45, 7) is 6.30. The van der Waals surface area contributed by atoms with Gasteiger partial charge in [0.15, 0.2) is 0 Å². The van der Waals surface area contributed by atoms with Crippen molar-refractivity contribution >= 4 is 17.3 Å². The normalized spacial score (nSPS) is 14.9.